The van der Waals surface area contributed by atoms with Gasteiger partial charge in [-0.05, 0) is 32.4 Å². The van der Waals surface area contributed by atoms with Crippen molar-refractivity contribution in [3.8, 4) is 0 Å². The zero-order valence-electron chi connectivity index (χ0n) is 12.5. The molecule has 20 heavy (non-hydrogen) atoms. The van der Waals surface area contributed by atoms with Gasteiger partial charge in [-0.1, -0.05) is 19.1 Å². The first kappa shape index (κ1) is 14.7. The number of hydrogen-bond donors (Lipinski definition) is 1. The molecule has 0 radical (unpaired) electrons. The molecule has 0 spiro atoms. The van der Waals surface area contributed by atoms with E-state index in [0.717, 1.165) is 29.8 Å². The quantitative estimate of drug-likeness (QED) is 0.880. The van der Waals surface area contributed by atoms with Gasteiger partial charge in [0.2, 0.25) is 0 Å². The summed E-state index contributed by atoms with van der Waals surface area (Å²) in [6.07, 6.45) is 1.75. The molecule has 0 aliphatic heterocycles. The summed E-state index contributed by atoms with van der Waals surface area (Å²) in [7, 11) is 0. The molecular formula is C16H23N3O. The van der Waals surface area contributed by atoms with E-state index in [1.54, 1.807) is 0 Å². The van der Waals surface area contributed by atoms with Crippen molar-refractivity contribution in [3.05, 3.63) is 30.1 Å². The normalized spacial score (nSPS) is 12.0. The summed E-state index contributed by atoms with van der Waals surface area (Å²) >= 11 is 0. The molecule has 4 heteroatoms. The monoisotopic (exact) mass is 273 g/mol. The van der Waals surface area contributed by atoms with Gasteiger partial charge in [0.1, 0.15) is 11.6 Å². The zero-order chi connectivity index (χ0) is 14.8. The minimum absolute atomic E-state index is 0.144. The number of aromatic nitrogens is 2. The van der Waals surface area contributed by atoms with Crippen molar-refractivity contribution in [2.45, 2.75) is 52.1 Å². The van der Waals surface area contributed by atoms with Crippen LogP contribution in [-0.4, -0.2) is 20.9 Å². The number of aryl methyl sites for hydroxylation is 1. The van der Waals surface area contributed by atoms with Crippen LogP contribution in [0, 0.1) is 0 Å². The van der Waals surface area contributed by atoms with Crippen molar-refractivity contribution < 1.29 is 4.79 Å². The van der Waals surface area contributed by atoms with Gasteiger partial charge in [-0.15, -0.1) is 0 Å². The highest BCUT2D eigenvalue weighted by molar-refractivity contribution is 5.83. The molecule has 2 aromatic rings. The van der Waals surface area contributed by atoms with E-state index in [1.165, 1.54) is 0 Å². The van der Waals surface area contributed by atoms with Crippen LogP contribution in [0.1, 0.15) is 39.4 Å². The predicted molar refractivity (Wildman–Crippen MR) is 81.6 cm³/mol. The average Bonchev–Trinajstić information content (AvgIpc) is 2.66. The zero-order valence-corrected chi connectivity index (χ0v) is 12.5. The number of Topliss-reactive ketones (excluding diaryl/α,β-unsaturated/α-hetero) is 1. The summed E-state index contributed by atoms with van der Waals surface area (Å²) < 4.78 is 2.15. The molecule has 2 rings (SSSR count). The van der Waals surface area contributed by atoms with E-state index in [2.05, 4.69) is 22.5 Å². The number of nitrogens with zero attached hydrogens (tertiary/aromatic N) is 2. The Hall–Kier alpha value is -1.68. The molecule has 2 N–H and O–H groups in total. The van der Waals surface area contributed by atoms with Gasteiger partial charge in [0.05, 0.1) is 17.5 Å². The molecule has 0 saturated carbocycles. The average molecular weight is 273 g/mol. The summed E-state index contributed by atoms with van der Waals surface area (Å²) in [5, 5.41) is 0. The highest BCUT2D eigenvalue weighted by Gasteiger charge is 2.19. The number of carbonyl (C=O) groups is 1. The molecule has 108 valence electrons. The lowest BCUT2D eigenvalue weighted by Crippen LogP contribution is -2.35. The molecule has 1 aromatic heterocycles. The number of benzene rings is 1. The van der Waals surface area contributed by atoms with Crippen LogP contribution in [0.4, 0.5) is 0 Å². The maximum atomic E-state index is 12.1. The topological polar surface area (TPSA) is 60.9 Å². The van der Waals surface area contributed by atoms with Crippen LogP contribution in [0.5, 0.6) is 0 Å². The first-order chi connectivity index (χ1) is 9.40. The molecule has 0 bridgehead atoms. The Balaban J connectivity index is 2.29. The Morgan fingerprint density at radius 2 is 2.05 bits per heavy atom. The van der Waals surface area contributed by atoms with Gasteiger partial charge in [-0.25, -0.2) is 4.98 Å². The summed E-state index contributed by atoms with van der Waals surface area (Å²) in [4.78, 5) is 16.7. The smallest absolute Gasteiger partial charge is 0.142 e. The molecule has 1 aromatic carbocycles. The second-order valence-electron chi connectivity index (χ2n) is 6.05. The van der Waals surface area contributed by atoms with E-state index >= 15 is 0 Å². The fraction of sp³-hybridized carbons (Fsp3) is 0.500. The van der Waals surface area contributed by atoms with Gasteiger partial charge in [0, 0.05) is 18.5 Å². The molecule has 0 fully saturated rings. The van der Waals surface area contributed by atoms with Gasteiger partial charge in [0.25, 0.3) is 0 Å². The molecule has 0 amide bonds. The number of hydrogen-bond acceptors (Lipinski definition) is 3. The molecule has 1 heterocycles. The molecule has 0 aliphatic carbocycles. The molecule has 0 atom stereocenters. The highest BCUT2D eigenvalue weighted by atomic mass is 16.1. The molecule has 0 saturated heterocycles. The van der Waals surface area contributed by atoms with Crippen molar-refractivity contribution >= 4 is 16.8 Å². The van der Waals surface area contributed by atoms with Crippen molar-refractivity contribution in [1.29, 1.82) is 0 Å². The number of carbonyl (C=O) groups excluding carboxylic acids is 1. The van der Waals surface area contributed by atoms with Gasteiger partial charge < -0.3 is 10.3 Å². The second kappa shape index (κ2) is 5.75. The van der Waals surface area contributed by atoms with Crippen molar-refractivity contribution in [1.82, 2.24) is 9.55 Å². The van der Waals surface area contributed by atoms with E-state index in [9.17, 15) is 4.79 Å². The van der Waals surface area contributed by atoms with Crippen LogP contribution in [0.25, 0.3) is 11.0 Å². The van der Waals surface area contributed by atoms with Crippen LogP contribution >= 0.6 is 0 Å². The largest absolute Gasteiger partial charge is 0.328 e. The van der Waals surface area contributed by atoms with E-state index in [0.29, 0.717) is 12.8 Å². The van der Waals surface area contributed by atoms with Crippen molar-refractivity contribution in [3.63, 3.8) is 0 Å². The van der Waals surface area contributed by atoms with E-state index in [1.807, 2.05) is 32.0 Å². The van der Waals surface area contributed by atoms with Crippen LogP contribution in [-0.2, 0) is 17.8 Å². The lowest BCUT2D eigenvalue weighted by atomic mass is 9.98. The predicted octanol–water partition coefficient (Wildman–Crippen LogP) is 2.69. The minimum atomic E-state index is -0.460. The van der Waals surface area contributed by atoms with Gasteiger partial charge >= 0.3 is 0 Å². The SMILES string of the molecule is CCCn1c(CC(=O)CC(C)(C)N)nc2ccccc21. The number of para-hydroxylation sites is 2. The molecular weight excluding hydrogens is 250 g/mol. The maximum Gasteiger partial charge on any atom is 0.142 e. The van der Waals surface area contributed by atoms with E-state index in [-0.39, 0.29) is 5.78 Å². The second-order valence-corrected chi connectivity index (χ2v) is 6.05. The van der Waals surface area contributed by atoms with E-state index < -0.39 is 5.54 Å². The molecule has 4 nitrogen and oxygen atoms in total. The number of rotatable bonds is 6. The minimum Gasteiger partial charge on any atom is -0.328 e. The van der Waals surface area contributed by atoms with Gasteiger partial charge in [-0.2, -0.15) is 0 Å². The number of ketones is 1. The first-order valence-electron chi connectivity index (χ1n) is 7.15. The van der Waals surface area contributed by atoms with Crippen LogP contribution in [0.3, 0.4) is 0 Å². The lowest BCUT2D eigenvalue weighted by Gasteiger charge is -2.17. The van der Waals surface area contributed by atoms with Crippen LogP contribution < -0.4 is 5.73 Å². The van der Waals surface area contributed by atoms with Gasteiger partial charge in [0.15, 0.2) is 0 Å². The van der Waals surface area contributed by atoms with Gasteiger partial charge in [-0.3, -0.25) is 4.79 Å². The number of fused-ring (bicyclic) bond motifs is 1. The number of imidazole rings is 1. The van der Waals surface area contributed by atoms with Crippen LogP contribution in [0.15, 0.2) is 24.3 Å². The fourth-order valence-corrected chi connectivity index (χ4v) is 2.48. The third kappa shape index (κ3) is 3.45. The van der Waals surface area contributed by atoms with Crippen LogP contribution in [0.2, 0.25) is 0 Å². The first-order valence-corrected chi connectivity index (χ1v) is 7.15. The van der Waals surface area contributed by atoms with Crippen molar-refractivity contribution in [2.75, 3.05) is 0 Å². The summed E-state index contributed by atoms with van der Waals surface area (Å²) in [6.45, 7) is 6.76. The molecule has 0 unspecified atom stereocenters. The third-order valence-electron chi connectivity index (χ3n) is 3.19. The number of nitrogens with two attached hydrogens (primary N) is 1. The third-order valence-corrected chi connectivity index (χ3v) is 3.19. The van der Waals surface area contributed by atoms with Crippen molar-refractivity contribution in [2.24, 2.45) is 5.73 Å². The highest BCUT2D eigenvalue weighted by Crippen LogP contribution is 2.18. The Morgan fingerprint density at radius 1 is 1.35 bits per heavy atom. The molecule has 0 aliphatic rings. The van der Waals surface area contributed by atoms with E-state index in [4.69, 9.17) is 5.73 Å². The Labute approximate surface area is 120 Å². The Morgan fingerprint density at radius 3 is 2.70 bits per heavy atom. The Bertz CT molecular complexity index is 608. The fourth-order valence-electron chi connectivity index (χ4n) is 2.48. The summed E-state index contributed by atoms with van der Waals surface area (Å²) in [5.74, 6) is 0.993. The standard InChI is InChI=1S/C16H23N3O/c1-4-9-19-14-8-6-5-7-13(14)18-15(19)10-12(20)11-16(2,3)17/h5-8H,4,9-11,17H2,1-3H3. The summed E-state index contributed by atoms with van der Waals surface area (Å²) in [5.41, 5.74) is 7.51. The lowest BCUT2D eigenvalue weighted by molar-refractivity contribution is -0.119. The Kier molecular flexibility index (Phi) is 4.23. The maximum absolute atomic E-state index is 12.1. The summed E-state index contributed by atoms with van der Waals surface area (Å²) in [6, 6.07) is 8.02.